The van der Waals surface area contributed by atoms with Gasteiger partial charge >= 0.3 is 11.5 Å². The van der Waals surface area contributed by atoms with Crippen LogP contribution in [0.25, 0.3) is 0 Å². The summed E-state index contributed by atoms with van der Waals surface area (Å²) in [5, 5.41) is 9.22. The van der Waals surface area contributed by atoms with Gasteiger partial charge in [-0.2, -0.15) is 13.2 Å². The van der Waals surface area contributed by atoms with E-state index in [0.29, 0.717) is 4.31 Å². The average molecular weight is 437 g/mol. The Morgan fingerprint density at radius 1 is 1.25 bits per heavy atom. The normalized spacial score (nSPS) is 12.0. The van der Waals surface area contributed by atoms with E-state index in [1.165, 1.54) is 25.3 Å². The van der Waals surface area contributed by atoms with Crippen molar-refractivity contribution in [2.45, 2.75) is 16.2 Å². The number of rotatable bonds is 8. The van der Waals surface area contributed by atoms with Gasteiger partial charge in [-0.25, -0.2) is 27.5 Å². The number of aromatic carboxylic acids is 1. The van der Waals surface area contributed by atoms with Crippen LogP contribution in [0.1, 0.15) is 16.1 Å². The van der Waals surface area contributed by atoms with Crippen molar-refractivity contribution in [3.8, 4) is 0 Å². The van der Waals surface area contributed by atoms with E-state index in [1.807, 2.05) is 0 Å². The number of aromatic nitrogens is 2. The smallest absolute Gasteiger partial charge is 0.446 e. The Hall–Kier alpha value is -2.38. The summed E-state index contributed by atoms with van der Waals surface area (Å²) >= 11 is -0.439. The second-order valence-corrected chi connectivity index (χ2v) is 8.21. The van der Waals surface area contributed by atoms with Crippen LogP contribution >= 0.6 is 11.8 Å². The first-order valence-corrected chi connectivity index (χ1v) is 9.85. The minimum Gasteiger partial charge on any atom is -0.476 e. The Bertz CT molecular complexity index is 954. The maximum absolute atomic E-state index is 12.9. The second-order valence-electron chi connectivity index (χ2n) is 5.21. The van der Waals surface area contributed by atoms with E-state index in [-0.39, 0.29) is 10.5 Å². The van der Waals surface area contributed by atoms with Crippen molar-refractivity contribution in [3.63, 3.8) is 0 Å². The molecule has 13 heteroatoms. The van der Waals surface area contributed by atoms with Crippen molar-refractivity contribution >= 4 is 33.6 Å². The third kappa shape index (κ3) is 5.56. The van der Waals surface area contributed by atoms with E-state index in [2.05, 4.69) is 9.97 Å². The SMILES string of the molecule is COCN(c1nccnc1C(=O)O)S(=O)(=O)Cc1ccccc1SC(F)(F)F. The zero-order valence-electron chi connectivity index (χ0n) is 14.3. The van der Waals surface area contributed by atoms with Crippen LogP contribution in [0, 0.1) is 0 Å². The monoisotopic (exact) mass is 437 g/mol. The van der Waals surface area contributed by atoms with Gasteiger partial charge in [0.05, 0.1) is 5.75 Å². The largest absolute Gasteiger partial charge is 0.476 e. The third-order valence-corrected chi connectivity index (χ3v) is 5.71. The second kappa shape index (κ2) is 8.75. The van der Waals surface area contributed by atoms with Gasteiger partial charge in [0.25, 0.3) is 0 Å². The molecule has 1 aromatic carbocycles. The van der Waals surface area contributed by atoms with E-state index >= 15 is 0 Å². The number of sulfonamides is 1. The van der Waals surface area contributed by atoms with E-state index in [0.717, 1.165) is 18.5 Å². The fourth-order valence-electron chi connectivity index (χ4n) is 2.18. The molecule has 0 radical (unpaired) electrons. The predicted molar refractivity (Wildman–Crippen MR) is 94.3 cm³/mol. The molecule has 8 nitrogen and oxygen atoms in total. The van der Waals surface area contributed by atoms with Crippen LogP contribution in [0.4, 0.5) is 19.0 Å². The summed E-state index contributed by atoms with van der Waals surface area (Å²) in [4.78, 5) is 18.4. The Labute approximate surface area is 162 Å². The van der Waals surface area contributed by atoms with E-state index < -0.39 is 57.3 Å². The number of anilines is 1. The summed E-state index contributed by atoms with van der Waals surface area (Å²) in [7, 11) is -3.19. The highest BCUT2D eigenvalue weighted by atomic mass is 32.2. The van der Waals surface area contributed by atoms with Crippen LogP contribution in [0.2, 0.25) is 0 Å². The molecule has 0 aliphatic heterocycles. The molecule has 0 saturated heterocycles. The van der Waals surface area contributed by atoms with Crippen LogP contribution in [0.3, 0.4) is 0 Å². The average Bonchev–Trinajstić information content (AvgIpc) is 2.60. The molecular formula is C15H14F3N3O5S2. The molecule has 0 fully saturated rings. The molecule has 0 bridgehead atoms. The lowest BCUT2D eigenvalue weighted by atomic mass is 10.2. The number of ether oxygens (including phenoxy) is 1. The highest BCUT2D eigenvalue weighted by Gasteiger charge is 2.33. The first-order valence-electron chi connectivity index (χ1n) is 7.42. The molecule has 0 aliphatic carbocycles. The van der Waals surface area contributed by atoms with Crippen molar-refractivity contribution in [2.24, 2.45) is 0 Å². The van der Waals surface area contributed by atoms with E-state index in [1.54, 1.807) is 0 Å². The van der Waals surface area contributed by atoms with E-state index in [9.17, 15) is 31.5 Å². The van der Waals surface area contributed by atoms with Gasteiger partial charge < -0.3 is 9.84 Å². The molecule has 2 aromatic rings. The molecule has 2 rings (SSSR count). The Balaban J connectivity index is 2.46. The van der Waals surface area contributed by atoms with Gasteiger partial charge in [0.15, 0.2) is 11.5 Å². The summed E-state index contributed by atoms with van der Waals surface area (Å²) in [6.45, 7) is -0.601. The molecule has 1 heterocycles. The molecule has 152 valence electrons. The number of carboxylic acids is 1. The van der Waals surface area contributed by atoms with Crippen LogP contribution in [-0.4, -0.2) is 48.8 Å². The first-order chi connectivity index (χ1) is 13.0. The number of carbonyl (C=O) groups is 1. The highest BCUT2D eigenvalue weighted by Crippen LogP contribution is 2.39. The number of methoxy groups -OCH3 is 1. The van der Waals surface area contributed by atoms with E-state index in [4.69, 9.17) is 4.74 Å². The summed E-state index contributed by atoms with van der Waals surface area (Å²) in [5.74, 6) is -2.85. The van der Waals surface area contributed by atoms with Crippen molar-refractivity contribution in [1.29, 1.82) is 0 Å². The standard InChI is InChI=1S/C15H14F3N3O5S2/c1-26-9-21(13-12(14(22)23)19-6-7-20-13)28(24,25)8-10-4-2-3-5-11(10)27-15(16,17)18/h2-7H,8-9H2,1H3,(H,22,23). The number of carboxylic acid groups (broad SMARTS) is 1. The number of thioether (sulfide) groups is 1. The lowest BCUT2D eigenvalue weighted by Crippen LogP contribution is -2.36. The summed E-state index contributed by atoms with van der Waals surface area (Å²) < 4.78 is 69.4. The number of nitrogens with zero attached hydrogens (tertiary/aromatic N) is 3. The van der Waals surface area contributed by atoms with Gasteiger partial charge in [-0.1, -0.05) is 18.2 Å². The topological polar surface area (TPSA) is 110 Å². The molecular weight excluding hydrogens is 423 g/mol. The molecule has 1 N–H and O–H groups in total. The fourth-order valence-corrected chi connectivity index (χ4v) is 4.40. The molecule has 0 unspecified atom stereocenters. The van der Waals surface area contributed by atoms with Crippen LogP contribution in [-0.2, 0) is 20.5 Å². The molecule has 28 heavy (non-hydrogen) atoms. The number of hydrogen-bond donors (Lipinski definition) is 1. The minimum absolute atomic E-state index is 0.105. The molecule has 0 saturated carbocycles. The van der Waals surface area contributed by atoms with Gasteiger partial charge in [0.1, 0.15) is 6.73 Å². The Morgan fingerprint density at radius 3 is 2.50 bits per heavy atom. The molecule has 0 amide bonds. The highest BCUT2D eigenvalue weighted by molar-refractivity contribution is 8.00. The third-order valence-electron chi connectivity index (χ3n) is 3.24. The fraction of sp³-hybridized carbons (Fsp3) is 0.267. The van der Waals surface area contributed by atoms with Gasteiger partial charge in [-0.3, -0.25) is 0 Å². The quantitative estimate of drug-likeness (QED) is 0.496. The zero-order chi connectivity index (χ0) is 20.9. The number of alkyl halides is 3. The van der Waals surface area contributed by atoms with Crippen molar-refractivity contribution in [2.75, 3.05) is 18.1 Å². The van der Waals surface area contributed by atoms with Crippen LogP contribution in [0.5, 0.6) is 0 Å². The zero-order valence-corrected chi connectivity index (χ0v) is 15.9. The van der Waals surface area contributed by atoms with Crippen LogP contribution < -0.4 is 4.31 Å². The number of halogens is 3. The van der Waals surface area contributed by atoms with Gasteiger partial charge in [0.2, 0.25) is 10.0 Å². The van der Waals surface area contributed by atoms with Crippen molar-refractivity contribution in [3.05, 3.63) is 47.9 Å². The molecule has 0 atom stereocenters. The van der Waals surface area contributed by atoms with Gasteiger partial charge in [-0.05, 0) is 23.4 Å². The predicted octanol–water partition coefficient (Wildman–Crippen LogP) is 2.73. The molecule has 0 spiro atoms. The summed E-state index contributed by atoms with van der Waals surface area (Å²) in [6, 6.07) is 5.14. The van der Waals surface area contributed by atoms with Crippen LogP contribution in [0.15, 0.2) is 41.6 Å². The Morgan fingerprint density at radius 2 is 1.89 bits per heavy atom. The van der Waals surface area contributed by atoms with Crippen molar-refractivity contribution in [1.82, 2.24) is 9.97 Å². The lowest BCUT2D eigenvalue weighted by Gasteiger charge is -2.23. The number of benzene rings is 1. The van der Waals surface area contributed by atoms with Gasteiger partial charge in [-0.15, -0.1) is 0 Å². The maximum Gasteiger partial charge on any atom is 0.446 e. The summed E-state index contributed by atoms with van der Waals surface area (Å²) in [5.41, 5.74) is -5.35. The lowest BCUT2D eigenvalue weighted by molar-refractivity contribution is -0.0328. The number of hydrogen-bond acceptors (Lipinski definition) is 7. The first kappa shape index (κ1) is 21.9. The Kier molecular flexibility index (Phi) is 6.85. The molecule has 1 aromatic heterocycles. The van der Waals surface area contributed by atoms with Crippen molar-refractivity contribution < 1.29 is 36.2 Å². The maximum atomic E-state index is 12.9. The van der Waals surface area contributed by atoms with Gasteiger partial charge in [0, 0.05) is 24.4 Å². The molecule has 0 aliphatic rings. The summed E-state index contributed by atoms with van der Waals surface area (Å²) in [6.07, 6.45) is 2.16. The minimum atomic E-state index is -4.60.